The molecule has 0 saturated carbocycles. The van der Waals surface area contributed by atoms with Crippen LogP contribution < -0.4 is 21.7 Å². The van der Waals surface area contributed by atoms with Crippen molar-refractivity contribution in [3.63, 3.8) is 0 Å². The van der Waals surface area contributed by atoms with Crippen LogP contribution >= 0.6 is 68.0 Å². The highest BCUT2D eigenvalue weighted by Gasteiger charge is 2.46. The number of benzene rings is 2. The zero-order valence-electron chi connectivity index (χ0n) is 72.7. The second kappa shape index (κ2) is 56.5. The molecule has 130 heavy (non-hydrogen) atoms. The summed E-state index contributed by atoms with van der Waals surface area (Å²) in [5.41, 5.74) is 8.96. The Morgan fingerprint density at radius 3 is 1.48 bits per heavy atom. The number of aliphatic hydroxyl groups is 2. The predicted molar refractivity (Wildman–Crippen MR) is 484 cm³/mol. The highest BCUT2D eigenvalue weighted by Crippen LogP contribution is 2.44. The number of aromatic hydroxyl groups is 1. The van der Waals surface area contributed by atoms with Crippen molar-refractivity contribution in [2.75, 3.05) is 225 Å². The summed E-state index contributed by atoms with van der Waals surface area (Å²) < 4.78 is 88.1. The van der Waals surface area contributed by atoms with Crippen molar-refractivity contribution >= 4 is 103 Å². The molecule has 9 aromatic rings. The number of hydrogen-bond acceptors (Lipinski definition) is 38. The van der Waals surface area contributed by atoms with Crippen LogP contribution in [0.3, 0.4) is 0 Å². The number of carbonyl (C=O) groups excluding carboxylic acids is 6. The molecule has 2 aromatic carbocycles. The van der Waals surface area contributed by atoms with Crippen LogP contribution in [0.25, 0.3) is 43.4 Å². The number of hydrogen-bond donors (Lipinski definition) is 7. The zero-order valence-corrected chi connectivity index (χ0v) is 77.6. The molecule has 8 N–H and O–H groups in total. The van der Waals surface area contributed by atoms with Gasteiger partial charge < -0.3 is 118 Å². The lowest BCUT2D eigenvalue weighted by Crippen LogP contribution is -2.50. The number of aryl methyl sites for hydroxylation is 1. The maximum Gasteiger partial charge on any atom is 0.271 e. The topological polar surface area (TPSA) is 466 Å². The molecule has 9 heterocycles. The summed E-state index contributed by atoms with van der Waals surface area (Å²) in [5, 5.41) is 53.0. The second-order valence-corrected chi connectivity index (χ2v) is 34.9. The number of pyridine rings is 1. The number of nitrogens with one attached hydrogen (secondary N) is 3. The highest BCUT2D eigenvalue weighted by molar-refractivity contribution is 7.15. The highest BCUT2D eigenvalue weighted by atomic mass is 32.1. The Labute approximate surface area is 776 Å². The van der Waals surface area contributed by atoms with E-state index < -0.39 is 83.9 Å². The average molecular weight is 1920 g/mol. The number of thiazole rings is 6. The number of nitrogens with two attached hydrogens (primary N) is 1. The number of phenolic OH excluding ortho intramolecular Hbond substituents is 1. The molecular formula is C87H112N12O25S6. The molecule has 2 aliphatic rings. The van der Waals surface area contributed by atoms with Gasteiger partial charge in [0.1, 0.15) is 76.7 Å². The van der Waals surface area contributed by atoms with Gasteiger partial charge in [-0.05, 0) is 42.3 Å². The molecule has 7 atom stereocenters. The van der Waals surface area contributed by atoms with Crippen LogP contribution in [0.4, 0.5) is 0 Å². The molecule has 10 bridgehead atoms. The fourth-order valence-corrected chi connectivity index (χ4v) is 18.6. The quantitative estimate of drug-likeness (QED) is 0.0179. The predicted octanol–water partition coefficient (Wildman–Crippen LogP) is 7.80. The van der Waals surface area contributed by atoms with Crippen LogP contribution in [0, 0.1) is 12.8 Å². The lowest BCUT2D eigenvalue weighted by atomic mass is 9.90. The van der Waals surface area contributed by atoms with E-state index in [-0.39, 0.29) is 77.7 Å². The van der Waals surface area contributed by atoms with Gasteiger partial charge in [-0.25, -0.2) is 34.9 Å². The molecule has 0 aliphatic carbocycles. The molecule has 37 nitrogen and oxygen atoms in total. The molecular weight excluding hydrogens is 1810 g/mol. The standard InChI is InChI=1S/C87H112N12O25S6/c1-56-72(102)50-99-76(56)86-97-70(55-129-86)84-93-66(51-127-84)75-61(81-94-68(53-125-81)79(106)91-64(49-73(88)103)85-98-74(57(2)130-85)71(101)48-62(77(104)59-7-5-4-6-8-59)82-95-69(54-126-82)80(107)92-65(87(99)108)47-58-9-11-60(100)12-10-58)13-14-63(90-75)83-96-67(52-128-83)78(105)89-15-16-110-19-20-112-23-24-114-27-28-116-31-32-118-35-36-120-39-40-122-43-44-124-46-45-123-42-41-121-38-37-119-34-33-117-30-29-115-26-25-113-22-21-111-18-17-109-3/h4-14,51-56,62,64-65,72,76-77,100,102,104H,15-50H2,1-3H3,(H2,88,103)(H,89,105)(H,91,106)(H,92,107)/t56-,62-,64-,65-,72-,76-,77+/m0/s1. The van der Waals surface area contributed by atoms with E-state index in [9.17, 15) is 39.3 Å². The van der Waals surface area contributed by atoms with Gasteiger partial charge in [-0.3, -0.25) is 28.8 Å². The van der Waals surface area contributed by atoms with Crippen molar-refractivity contribution < 1.29 is 120 Å². The van der Waals surface area contributed by atoms with E-state index in [1.54, 1.807) is 84.8 Å². The SMILES string of the molecule is COCCOCCOCCOCCOCCOCCOCCOCCOCCOCCOCCOCCOCCOCCOCCOCCNC(=O)c1csc(-c2ccc3c(n2)-c2csc(n2)-c2csc(n2)[C@@H]2[C@@H](C)[C@@H](O)CN2C(=O)[C@H](Cc2ccc(O)cc2)NC(=O)c2csc(n2)[C@H]([C@H](O)c2ccccc2)CC(=O)c2nc(sc2C)[C@H](CC(N)=O)NC(=O)c2csc-3n2)n1. The van der Waals surface area contributed by atoms with Crippen LogP contribution in [0.15, 0.2) is 93.6 Å². The maximum atomic E-state index is 15.3. The number of methoxy groups -OCH3 is 1. The Balaban J connectivity index is 0.596. The van der Waals surface area contributed by atoms with E-state index in [1.807, 2.05) is 12.3 Å². The molecule has 0 unspecified atom stereocenters. The summed E-state index contributed by atoms with van der Waals surface area (Å²) in [5.74, 6) is -5.22. The number of aromatic nitrogens is 7. The lowest BCUT2D eigenvalue weighted by Gasteiger charge is -2.29. The number of phenols is 1. The Morgan fingerprint density at radius 2 is 0.946 bits per heavy atom. The smallest absolute Gasteiger partial charge is 0.271 e. The van der Waals surface area contributed by atoms with Gasteiger partial charge in [0.25, 0.3) is 17.7 Å². The van der Waals surface area contributed by atoms with E-state index >= 15 is 4.79 Å². The monoisotopic (exact) mass is 1920 g/mol. The molecule has 0 radical (unpaired) electrons. The molecule has 0 spiro atoms. The zero-order chi connectivity index (χ0) is 91.4. The number of rotatable bonds is 56. The van der Waals surface area contributed by atoms with Gasteiger partial charge in [0.2, 0.25) is 11.8 Å². The molecule has 43 heteroatoms. The Bertz CT molecular complexity index is 4890. The minimum Gasteiger partial charge on any atom is -0.508 e. The first kappa shape index (κ1) is 102. The number of amides is 5. The number of Topliss-reactive ketones (excluding diaryl/α,β-unsaturated/α-hetero) is 1. The van der Waals surface area contributed by atoms with E-state index in [0.717, 1.165) is 34.0 Å². The number of fused-ring (bicyclic) bond motifs is 16. The fourth-order valence-electron chi connectivity index (χ4n) is 13.2. The minimum absolute atomic E-state index is 0.00599. The molecule has 5 amide bonds. The van der Waals surface area contributed by atoms with E-state index in [0.29, 0.717) is 256 Å². The van der Waals surface area contributed by atoms with Gasteiger partial charge in [0.15, 0.2) is 5.78 Å². The van der Waals surface area contributed by atoms with Crippen molar-refractivity contribution in [2.24, 2.45) is 11.7 Å². The third kappa shape index (κ3) is 33.0. The van der Waals surface area contributed by atoms with Crippen LogP contribution in [0.1, 0.15) is 117 Å². The second-order valence-electron chi connectivity index (χ2n) is 29.3. The van der Waals surface area contributed by atoms with Gasteiger partial charge in [-0.1, -0.05) is 49.4 Å². The van der Waals surface area contributed by atoms with Crippen molar-refractivity contribution in [3.05, 3.63) is 147 Å². The summed E-state index contributed by atoms with van der Waals surface area (Å²) in [4.78, 5) is 122. The maximum absolute atomic E-state index is 15.3. The number of primary amides is 1. The van der Waals surface area contributed by atoms with Crippen molar-refractivity contribution in [1.29, 1.82) is 0 Å². The number of ether oxygens (including phenoxy) is 16. The lowest BCUT2D eigenvalue weighted by molar-refractivity contribution is -0.134. The average Bonchev–Trinajstić information content (AvgIpc) is 1.60. The fraction of sp³-hybridized carbons (Fsp3) is 0.529. The minimum atomic E-state index is -1.31. The van der Waals surface area contributed by atoms with Crippen LogP contribution in [-0.4, -0.2) is 328 Å². The third-order valence-corrected chi connectivity index (χ3v) is 25.5. The third-order valence-electron chi connectivity index (χ3n) is 19.9. The Hall–Kier alpha value is -8.53. The number of nitrogens with zero attached hydrogens (tertiary/aromatic N) is 8. The van der Waals surface area contributed by atoms with Gasteiger partial charge in [0, 0.05) is 82.2 Å². The first-order valence-corrected chi connectivity index (χ1v) is 47.8. The molecule has 2 aliphatic heterocycles. The molecule has 1 saturated heterocycles. The summed E-state index contributed by atoms with van der Waals surface area (Å²) in [7, 11) is 1.64. The first-order valence-electron chi connectivity index (χ1n) is 42.6. The first-order chi connectivity index (χ1) is 63.5. The van der Waals surface area contributed by atoms with Crippen molar-refractivity contribution in [3.8, 4) is 49.1 Å². The molecule has 11 rings (SSSR count). The molecule has 7 aromatic heterocycles. The number of carbonyl (C=O) groups is 6. The van der Waals surface area contributed by atoms with Gasteiger partial charge in [0.05, 0.1) is 246 Å². The van der Waals surface area contributed by atoms with Crippen LogP contribution in [0.2, 0.25) is 0 Å². The van der Waals surface area contributed by atoms with Gasteiger partial charge >= 0.3 is 0 Å². The largest absolute Gasteiger partial charge is 0.508 e. The number of ketones is 1. The van der Waals surface area contributed by atoms with Gasteiger partial charge in [-0.15, -0.1) is 68.0 Å². The van der Waals surface area contributed by atoms with E-state index in [4.69, 9.17) is 111 Å². The van der Waals surface area contributed by atoms with Crippen LogP contribution in [0.5, 0.6) is 5.75 Å². The normalized spacial score (nSPS) is 17.0. The summed E-state index contributed by atoms with van der Waals surface area (Å²) >= 11 is 7.01. The van der Waals surface area contributed by atoms with E-state index in [1.165, 1.54) is 56.4 Å². The Morgan fingerprint density at radius 1 is 0.492 bits per heavy atom. The summed E-state index contributed by atoms with van der Waals surface area (Å²) in [6.45, 7) is 17.3. The van der Waals surface area contributed by atoms with Crippen LogP contribution in [-0.2, 0) is 91.8 Å². The van der Waals surface area contributed by atoms with Crippen molar-refractivity contribution in [1.82, 2.24) is 55.7 Å². The molecule has 706 valence electrons. The van der Waals surface area contributed by atoms with Crippen molar-refractivity contribution in [2.45, 2.75) is 69.4 Å². The Kier molecular flexibility index (Phi) is 44.3. The summed E-state index contributed by atoms with van der Waals surface area (Å²) in [6.07, 6.45) is -3.09. The van der Waals surface area contributed by atoms with E-state index in [2.05, 4.69) is 20.9 Å². The summed E-state index contributed by atoms with van der Waals surface area (Å²) in [6, 6.07) is 15.2. The molecule has 1 fully saturated rings. The number of aliphatic hydroxyl groups excluding tert-OH is 2. The van der Waals surface area contributed by atoms with Gasteiger partial charge in [-0.2, -0.15) is 0 Å².